The number of carbonyl (C=O) groups is 2. The monoisotopic (exact) mass is 462 g/mol. The topological polar surface area (TPSA) is 125 Å². The molecule has 4 rings (SSSR count). The summed E-state index contributed by atoms with van der Waals surface area (Å²) in [4.78, 5) is 32.4. The number of nitrogens with zero attached hydrogens (tertiary/aromatic N) is 4. The number of aromatic nitrogens is 4. The van der Waals surface area contributed by atoms with Gasteiger partial charge in [0.1, 0.15) is 11.4 Å². The van der Waals surface area contributed by atoms with Gasteiger partial charge >= 0.3 is 6.09 Å². The molecule has 3 aromatic heterocycles. The summed E-state index contributed by atoms with van der Waals surface area (Å²) in [5.41, 5.74) is 7.51. The van der Waals surface area contributed by atoms with Gasteiger partial charge in [-0.25, -0.2) is 13.9 Å². The van der Waals surface area contributed by atoms with E-state index in [0.29, 0.717) is 28.6 Å². The smallest absolute Gasteiger partial charge is 0.405 e. The van der Waals surface area contributed by atoms with Crippen LogP contribution in [0.3, 0.4) is 0 Å². The molecule has 34 heavy (non-hydrogen) atoms. The number of hydrogen-bond acceptors (Lipinski definition) is 6. The normalized spacial score (nSPS) is 11.4. The average Bonchev–Trinajstić information content (AvgIpc) is 3.22. The highest BCUT2D eigenvalue weighted by Crippen LogP contribution is 2.21. The van der Waals surface area contributed by atoms with E-state index >= 15 is 0 Å². The first-order valence-corrected chi connectivity index (χ1v) is 10.5. The Bertz CT molecular complexity index is 1330. The van der Waals surface area contributed by atoms with Crippen molar-refractivity contribution >= 4 is 22.9 Å². The van der Waals surface area contributed by atoms with Crippen LogP contribution in [0.2, 0.25) is 0 Å². The van der Waals surface area contributed by atoms with Crippen LogP contribution in [-0.2, 0) is 17.7 Å². The van der Waals surface area contributed by atoms with Crippen LogP contribution in [0.5, 0.6) is 0 Å². The molecule has 0 saturated heterocycles. The van der Waals surface area contributed by atoms with Crippen LogP contribution >= 0.6 is 0 Å². The third-order valence-electron chi connectivity index (χ3n) is 5.14. The Morgan fingerprint density at radius 1 is 1.09 bits per heavy atom. The van der Waals surface area contributed by atoms with Gasteiger partial charge in [-0.1, -0.05) is 6.07 Å². The fraction of sp³-hybridized carbons (Fsp3) is 0.208. The number of nitrogens with one attached hydrogen (secondary N) is 1. The molecule has 0 saturated carbocycles. The number of primary amides is 1. The fourth-order valence-electron chi connectivity index (χ4n) is 3.60. The number of hydrogen-bond donors (Lipinski definition) is 2. The van der Waals surface area contributed by atoms with Gasteiger partial charge in [-0.3, -0.25) is 14.8 Å². The number of amides is 2. The van der Waals surface area contributed by atoms with Gasteiger partial charge in [-0.05, 0) is 49.7 Å². The highest BCUT2D eigenvalue weighted by Gasteiger charge is 2.23. The average molecular weight is 462 g/mol. The molecule has 9 nitrogen and oxygen atoms in total. The highest BCUT2D eigenvalue weighted by molar-refractivity contribution is 6.05. The minimum Gasteiger partial charge on any atom is -0.443 e. The lowest BCUT2D eigenvalue weighted by atomic mass is 10.0. The molecule has 2 amide bonds. The molecule has 174 valence electrons. The van der Waals surface area contributed by atoms with Crippen molar-refractivity contribution < 1.29 is 18.7 Å². The molecule has 0 aliphatic rings. The molecule has 1 aromatic carbocycles. The first-order valence-electron chi connectivity index (χ1n) is 10.5. The number of carbonyl (C=O) groups excluding carboxylic acids is 2. The van der Waals surface area contributed by atoms with E-state index in [1.807, 2.05) is 12.1 Å². The molecule has 10 heteroatoms. The Morgan fingerprint density at radius 3 is 2.53 bits per heavy atom. The SMILES string of the molecule is CC(C)(Cc1ccc(CNC(=O)c2cncc3c2cnn3-c2ccc(F)cc2)cn1)OC(N)=O. The van der Waals surface area contributed by atoms with Crippen molar-refractivity contribution in [2.24, 2.45) is 5.73 Å². The van der Waals surface area contributed by atoms with Crippen molar-refractivity contribution in [3.8, 4) is 5.69 Å². The van der Waals surface area contributed by atoms with Crippen LogP contribution in [0.1, 0.15) is 35.5 Å². The first-order chi connectivity index (χ1) is 16.2. The van der Waals surface area contributed by atoms with Crippen molar-refractivity contribution in [2.75, 3.05) is 0 Å². The fourth-order valence-corrected chi connectivity index (χ4v) is 3.60. The van der Waals surface area contributed by atoms with E-state index < -0.39 is 11.7 Å². The lowest BCUT2D eigenvalue weighted by Gasteiger charge is -2.23. The van der Waals surface area contributed by atoms with Crippen molar-refractivity contribution in [1.82, 2.24) is 25.1 Å². The molecular formula is C24H23FN6O3. The third-order valence-corrected chi connectivity index (χ3v) is 5.14. The molecule has 3 heterocycles. The minimum absolute atomic E-state index is 0.260. The molecule has 0 aliphatic carbocycles. The van der Waals surface area contributed by atoms with Crippen molar-refractivity contribution in [1.29, 1.82) is 0 Å². The predicted octanol–water partition coefficient (Wildman–Crippen LogP) is 3.30. The molecular weight excluding hydrogens is 439 g/mol. The van der Waals surface area contributed by atoms with Gasteiger partial charge in [-0.15, -0.1) is 0 Å². The zero-order valence-corrected chi connectivity index (χ0v) is 18.7. The number of fused-ring (bicyclic) bond motifs is 1. The Balaban J connectivity index is 1.45. The summed E-state index contributed by atoms with van der Waals surface area (Å²) in [5.74, 6) is -0.652. The number of halogens is 1. The number of nitrogens with two attached hydrogens (primary N) is 1. The highest BCUT2D eigenvalue weighted by atomic mass is 19.1. The Kier molecular flexibility index (Phi) is 6.22. The van der Waals surface area contributed by atoms with Gasteiger partial charge < -0.3 is 15.8 Å². The van der Waals surface area contributed by atoms with Crippen LogP contribution in [0.4, 0.5) is 9.18 Å². The lowest BCUT2D eigenvalue weighted by Crippen LogP contribution is -2.33. The summed E-state index contributed by atoms with van der Waals surface area (Å²) in [6, 6.07) is 9.55. The van der Waals surface area contributed by atoms with Gasteiger partial charge in [0.2, 0.25) is 0 Å². The van der Waals surface area contributed by atoms with Gasteiger partial charge in [0, 0.05) is 36.4 Å². The van der Waals surface area contributed by atoms with Gasteiger partial charge in [-0.2, -0.15) is 5.10 Å². The molecule has 0 spiro atoms. The van der Waals surface area contributed by atoms with Crippen molar-refractivity contribution in [2.45, 2.75) is 32.4 Å². The van der Waals surface area contributed by atoms with Crippen molar-refractivity contribution in [3.05, 3.63) is 83.8 Å². The second-order valence-electron chi connectivity index (χ2n) is 8.35. The summed E-state index contributed by atoms with van der Waals surface area (Å²) in [6.07, 6.45) is 5.89. The maximum atomic E-state index is 13.3. The number of pyridine rings is 2. The quantitative estimate of drug-likeness (QED) is 0.434. The minimum atomic E-state index is -0.836. The number of benzene rings is 1. The van der Waals surface area contributed by atoms with Gasteiger partial charge in [0.15, 0.2) is 0 Å². The summed E-state index contributed by atoms with van der Waals surface area (Å²) < 4.78 is 19.9. The molecule has 0 fully saturated rings. The zero-order valence-electron chi connectivity index (χ0n) is 18.7. The second kappa shape index (κ2) is 9.26. The van der Waals surface area contributed by atoms with E-state index in [9.17, 15) is 14.0 Å². The molecule has 4 aromatic rings. The van der Waals surface area contributed by atoms with Crippen LogP contribution in [0.15, 0.2) is 61.2 Å². The van der Waals surface area contributed by atoms with Gasteiger partial charge in [0.25, 0.3) is 5.91 Å². The van der Waals surface area contributed by atoms with E-state index in [-0.39, 0.29) is 18.3 Å². The molecule has 0 radical (unpaired) electrons. The summed E-state index contributed by atoms with van der Waals surface area (Å²) >= 11 is 0. The lowest BCUT2D eigenvalue weighted by molar-refractivity contribution is 0.0453. The molecule has 3 N–H and O–H groups in total. The summed E-state index contributed by atoms with van der Waals surface area (Å²) in [7, 11) is 0. The Hall–Kier alpha value is -4.34. The Morgan fingerprint density at radius 2 is 1.85 bits per heavy atom. The van der Waals surface area contributed by atoms with Crippen LogP contribution in [-0.4, -0.2) is 37.3 Å². The molecule has 0 unspecified atom stereocenters. The maximum Gasteiger partial charge on any atom is 0.405 e. The predicted molar refractivity (Wildman–Crippen MR) is 123 cm³/mol. The van der Waals surface area contributed by atoms with Crippen LogP contribution < -0.4 is 11.1 Å². The number of rotatable bonds is 7. The Labute approximate surface area is 194 Å². The summed E-state index contributed by atoms with van der Waals surface area (Å²) in [6.45, 7) is 3.76. The van der Waals surface area contributed by atoms with E-state index in [2.05, 4.69) is 20.4 Å². The van der Waals surface area contributed by atoms with E-state index in [0.717, 1.165) is 11.3 Å². The van der Waals surface area contributed by atoms with E-state index in [1.54, 1.807) is 49.3 Å². The maximum absolute atomic E-state index is 13.3. The van der Waals surface area contributed by atoms with Crippen LogP contribution in [0, 0.1) is 5.82 Å². The van der Waals surface area contributed by atoms with Crippen LogP contribution in [0.25, 0.3) is 16.6 Å². The molecule has 0 atom stereocenters. The van der Waals surface area contributed by atoms with E-state index in [4.69, 9.17) is 10.5 Å². The molecule has 0 aliphatic heterocycles. The number of ether oxygens (including phenoxy) is 1. The first kappa shape index (κ1) is 22.8. The largest absolute Gasteiger partial charge is 0.443 e. The zero-order chi connectivity index (χ0) is 24.3. The second-order valence-corrected chi connectivity index (χ2v) is 8.35. The van der Waals surface area contributed by atoms with Crippen molar-refractivity contribution in [3.63, 3.8) is 0 Å². The van der Waals surface area contributed by atoms with E-state index in [1.165, 1.54) is 18.3 Å². The summed E-state index contributed by atoms with van der Waals surface area (Å²) in [5, 5.41) is 7.83. The standard InChI is InChI=1S/C24H23FN6O3/c1-24(2,34-23(26)33)9-17-6-3-15(10-28-17)11-29-22(32)20-12-27-14-21-19(20)13-30-31(21)18-7-4-16(25)5-8-18/h3-8,10,12-14H,9,11H2,1-2H3,(H2,26,33)(H,29,32). The third kappa shape index (κ3) is 5.17. The van der Waals surface area contributed by atoms with Gasteiger partial charge in [0.05, 0.1) is 29.2 Å². The molecule has 0 bridgehead atoms.